The van der Waals surface area contributed by atoms with Crippen molar-refractivity contribution in [3.63, 3.8) is 0 Å². The van der Waals surface area contributed by atoms with Crippen LogP contribution in [0.25, 0.3) is 17.4 Å². The van der Waals surface area contributed by atoms with Gasteiger partial charge in [0.15, 0.2) is 0 Å². The van der Waals surface area contributed by atoms with Gasteiger partial charge in [0.1, 0.15) is 11.5 Å². The topological polar surface area (TPSA) is 93.7 Å². The van der Waals surface area contributed by atoms with Gasteiger partial charge >= 0.3 is 0 Å². The van der Waals surface area contributed by atoms with Crippen molar-refractivity contribution in [1.82, 2.24) is 4.90 Å². The molecule has 0 saturated carbocycles. The average molecular weight is 368 g/mol. The lowest BCUT2D eigenvalue weighted by molar-refractivity contribution is -0.384. The van der Waals surface area contributed by atoms with Gasteiger partial charge in [0.25, 0.3) is 16.8 Å². The number of rotatable bonds is 4. The minimum atomic E-state index is -0.462. The second kappa shape index (κ2) is 6.90. The molecule has 1 aliphatic heterocycles. The highest BCUT2D eigenvalue weighted by Crippen LogP contribution is 2.34. The van der Waals surface area contributed by atoms with Crippen LogP contribution < -0.4 is 0 Å². The van der Waals surface area contributed by atoms with Crippen LogP contribution in [0.2, 0.25) is 0 Å². The van der Waals surface area contributed by atoms with E-state index in [4.69, 9.17) is 10.8 Å². The third-order valence-electron chi connectivity index (χ3n) is 3.71. The number of nitrogens with zero attached hydrogens (tertiary/aromatic N) is 2. The monoisotopic (exact) mass is 368 g/mol. The Morgan fingerprint density at radius 2 is 2.12 bits per heavy atom. The molecule has 1 aromatic carbocycles. The molecule has 26 heavy (non-hydrogen) atoms. The van der Waals surface area contributed by atoms with Crippen molar-refractivity contribution in [2.24, 2.45) is 0 Å². The van der Waals surface area contributed by atoms with Crippen molar-refractivity contribution in [1.29, 1.82) is 0 Å². The Balaban J connectivity index is 1.87. The molecular formula is C18H12N2O5S. The van der Waals surface area contributed by atoms with E-state index in [9.17, 15) is 19.7 Å². The molecule has 0 atom stereocenters. The zero-order valence-corrected chi connectivity index (χ0v) is 14.4. The molecule has 3 rings (SSSR count). The summed E-state index contributed by atoms with van der Waals surface area (Å²) in [4.78, 5) is 35.5. The zero-order chi connectivity index (χ0) is 18.8. The van der Waals surface area contributed by atoms with Gasteiger partial charge < -0.3 is 4.42 Å². The number of amides is 2. The summed E-state index contributed by atoms with van der Waals surface area (Å²) in [7, 11) is 0. The van der Waals surface area contributed by atoms with Crippen molar-refractivity contribution in [3.8, 4) is 23.7 Å². The summed E-state index contributed by atoms with van der Waals surface area (Å²) in [5.74, 6) is 2.71. The fourth-order valence-corrected chi connectivity index (χ4v) is 3.29. The van der Waals surface area contributed by atoms with Gasteiger partial charge in [0.05, 0.1) is 16.4 Å². The number of terminal acetylenes is 1. The first-order valence-corrected chi connectivity index (χ1v) is 8.26. The Morgan fingerprint density at radius 1 is 1.35 bits per heavy atom. The molecule has 1 saturated heterocycles. The molecule has 130 valence electrons. The molecule has 0 radical (unpaired) electrons. The van der Waals surface area contributed by atoms with Crippen molar-refractivity contribution >= 4 is 34.7 Å². The zero-order valence-electron chi connectivity index (χ0n) is 13.6. The number of nitro groups is 1. The molecule has 0 spiro atoms. The molecule has 8 heteroatoms. The number of non-ortho nitro benzene ring substituents is 1. The minimum Gasteiger partial charge on any atom is -0.457 e. The number of thioether (sulfide) groups is 1. The molecular weight excluding hydrogens is 356 g/mol. The Kier molecular flexibility index (Phi) is 4.65. The Hall–Kier alpha value is -3.31. The van der Waals surface area contributed by atoms with Crippen molar-refractivity contribution in [3.05, 3.63) is 56.7 Å². The summed E-state index contributed by atoms with van der Waals surface area (Å²) in [6.07, 6.45) is 6.63. The van der Waals surface area contributed by atoms with Gasteiger partial charge in [-0.05, 0) is 42.4 Å². The summed E-state index contributed by atoms with van der Waals surface area (Å²) >= 11 is 0.798. The lowest BCUT2D eigenvalue weighted by atomic mass is 10.1. The van der Waals surface area contributed by atoms with E-state index in [-0.39, 0.29) is 17.1 Å². The van der Waals surface area contributed by atoms with Gasteiger partial charge in [-0.15, -0.1) is 6.42 Å². The maximum Gasteiger partial charge on any atom is 0.294 e. The summed E-state index contributed by atoms with van der Waals surface area (Å²) in [6.45, 7) is 1.67. The third kappa shape index (κ3) is 3.25. The fraction of sp³-hybridized carbons (Fsp3) is 0.111. The van der Waals surface area contributed by atoms with Crippen LogP contribution in [0.4, 0.5) is 10.5 Å². The van der Waals surface area contributed by atoms with E-state index < -0.39 is 16.1 Å². The first-order valence-electron chi connectivity index (χ1n) is 7.45. The van der Waals surface area contributed by atoms with Gasteiger partial charge in [0.2, 0.25) is 0 Å². The van der Waals surface area contributed by atoms with Gasteiger partial charge in [-0.1, -0.05) is 5.92 Å². The van der Waals surface area contributed by atoms with Crippen LogP contribution in [0.5, 0.6) is 0 Å². The molecule has 0 bridgehead atoms. The highest BCUT2D eigenvalue weighted by Gasteiger charge is 2.34. The van der Waals surface area contributed by atoms with E-state index in [1.807, 2.05) is 0 Å². The van der Waals surface area contributed by atoms with Crippen LogP contribution in [0.15, 0.2) is 39.7 Å². The lowest BCUT2D eigenvalue weighted by Crippen LogP contribution is -2.28. The van der Waals surface area contributed by atoms with Crippen LogP contribution in [-0.2, 0) is 4.79 Å². The van der Waals surface area contributed by atoms with Crippen molar-refractivity contribution in [2.75, 3.05) is 6.54 Å². The molecule has 0 N–H and O–H groups in total. The highest BCUT2D eigenvalue weighted by molar-refractivity contribution is 8.18. The van der Waals surface area contributed by atoms with E-state index in [1.165, 1.54) is 18.2 Å². The van der Waals surface area contributed by atoms with E-state index >= 15 is 0 Å². The van der Waals surface area contributed by atoms with Gasteiger partial charge in [0, 0.05) is 23.8 Å². The number of nitro benzene ring substituents is 1. The summed E-state index contributed by atoms with van der Waals surface area (Å²) in [6, 6.07) is 7.83. The standard InChI is InChI=1S/C18H12N2O5S/c1-3-8-19-17(21)16(26-18(19)22)10-13-5-7-15(25-13)14-6-4-12(20(23)24)9-11(14)2/h1,4-7,9-10H,8H2,2H3/b16-10+. The third-order valence-corrected chi connectivity index (χ3v) is 4.62. The second-order valence-corrected chi connectivity index (χ2v) is 6.42. The largest absolute Gasteiger partial charge is 0.457 e. The normalized spacial score (nSPS) is 15.5. The predicted octanol–water partition coefficient (Wildman–Crippen LogP) is 3.83. The highest BCUT2D eigenvalue weighted by atomic mass is 32.2. The average Bonchev–Trinajstić information content (AvgIpc) is 3.15. The second-order valence-electron chi connectivity index (χ2n) is 5.43. The molecule has 1 aliphatic rings. The van der Waals surface area contributed by atoms with E-state index in [0.717, 1.165) is 16.7 Å². The molecule has 2 heterocycles. The molecule has 1 fully saturated rings. The van der Waals surface area contributed by atoms with E-state index in [1.54, 1.807) is 25.1 Å². The Labute approximate surface area is 152 Å². The predicted molar refractivity (Wildman–Crippen MR) is 97.0 cm³/mol. The number of furan rings is 1. The van der Waals surface area contributed by atoms with Crippen LogP contribution in [0.1, 0.15) is 11.3 Å². The molecule has 2 aromatic rings. The molecule has 0 unspecified atom stereocenters. The SMILES string of the molecule is C#CCN1C(=O)S/C(=C/c2ccc(-c3ccc([N+](=O)[O-])cc3C)o2)C1=O. The smallest absolute Gasteiger partial charge is 0.294 e. The number of hydrogen-bond acceptors (Lipinski definition) is 6. The van der Waals surface area contributed by atoms with Crippen LogP contribution in [0.3, 0.4) is 0 Å². The van der Waals surface area contributed by atoms with E-state index in [0.29, 0.717) is 22.6 Å². The quantitative estimate of drug-likeness (QED) is 0.352. The van der Waals surface area contributed by atoms with Crippen molar-refractivity contribution < 1.29 is 18.9 Å². The first kappa shape index (κ1) is 17.5. The van der Waals surface area contributed by atoms with Crippen LogP contribution >= 0.6 is 11.8 Å². The number of hydrogen-bond donors (Lipinski definition) is 0. The molecule has 2 amide bonds. The number of imide groups is 1. The lowest BCUT2D eigenvalue weighted by Gasteiger charge is -2.06. The Bertz CT molecular complexity index is 999. The molecule has 7 nitrogen and oxygen atoms in total. The van der Waals surface area contributed by atoms with Crippen molar-refractivity contribution in [2.45, 2.75) is 6.92 Å². The van der Waals surface area contributed by atoms with Gasteiger partial charge in [-0.2, -0.15) is 0 Å². The molecule has 1 aromatic heterocycles. The number of carbonyl (C=O) groups is 2. The maximum atomic E-state index is 12.2. The molecule has 0 aliphatic carbocycles. The first-order chi connectivity index (χ1) is 12.4. The minimum absolute atomic E-state index is 0.000201. The van der Waals surface area contributed by atoms with Crippen LogP contribution in [-0.4, -0.2) is 27.5 Å². The summed E-state index contributed by atoms with van der Waals surface area (Å²) < 4.78 is 5.71. The Morgan fingerprint density at radius 3 is 2.77 bits per heavy atom. The summed E-state index contributed by atoms with van der Waals surface area (Å²) in [5, 5.41) is 10.4. The fourth-order valence-electron chi connectivity index (χ4n) is 2.47. The number of benzene rings is 1. The van der Waals surface area contributed by atoms with Crippen LogP contribution in [0, 0.1) is 29.4 Å². The number of aryl methyl sites for hydroxylation is 1. The van der Waals surface area contributed by atoms with Gasteiger partial charge in [-0.25, -0.2) is 0 Å². The van der Waals surface area contributed by atoms with Gasteiger partial charge in [-0.3, -0.25) is 24.6 Å². The summed E-state index contributed by atoms with van der Waals surface area (Å²) in [5.41, 5.74) is 1.39. The number of carbonyl (C=O) groups excluding carboxylic acids is 2. The van der Waals surface area contributed by atoms with E-state index in [2.05, 4.69) is 5.92 Å². The maximum absolute atomic E-state index is 12.2.